The molecule has 0 amide bonds. The Balaban J connectivity index is 2.65. The molecule has 1 saturated heterocycles. The van der Waals surface area contributed by atoms with Crippen molar-refractivity contribution in [1.29, 1.82) is 0 Å². The van der Waals surface area contributed by atoms with Gasteiger partial charge in [0.2, 0.25) is 0 Å². The summed E-state index contributed by atoms with van der Waals surface area (Å²) >= 11 is 0. The van der Waals surface area contributed by atoms with Crippen molar-refractivity contribution < 1.29 is 0 Å². The third-order valence-corrected chi connectivity index (χ3v) is 3.52. The molecule has 0 radical (unpaired) electrons. The molecule has 0 spiro atoms. The van der Waals surface area contributed by atoms with Crippen molar-refractivity contribution in [2.45, 2.75) is 53.1 Å². The third kappa shape index (κ3) is 1.66. The molecule has 12 heavy (non-hydrogen) atoms. The maximum atomic E-state index is 2.66. The van der Waals surface area contributed by atoms with E-state index in [1.165, 1.54) is 13.0 Å². The summed E-state index contributed by atoms with van der Waals surface area (Å²) in [4.78, 5) is 2.66. The number of rotatable bonds is 2. The molecule has 1 heterocycles. The van der Waals surface area contributed by atoms with Gasteiger partial charge < -0.3 is 0 Å². The quantitative estimate of drug-likeness (QED) is 0.614. The van der Waals surface area contributed by atoms with E-state index in [1.54, 1.807) is 0 Å². The van der Waals surface area contributed by atoms with Gasteiger partial charge in [0.15, 0.2) is 0 Å². The predicted molar refractivity (Wildman–Crippen MR) is 54.2 cm³/mol. The van der Waals surface area contributed by atoms with E-state index in [-0.39, 0.29) is 0 Å². The maximum absolute atomic E-state index is 2.66. The van der Waals surface area contributed by atoms with Crippen molar-refractivity contribution in [3.8, 4) is 0 Å². The van der Waals surface area contributed by atoms with Crippen LogP contribution in [-0.4, -0.2) is 23.5 Å². The molecule has 0 aliphatic carbocycles. The summed E-state index contributed by atoms with van der Waals surface area (Å²) in [6.07, 6.45) is 1.40. The molecule has 3 atom stereocenters. The Kier molecular flexibility index (Phi) is 3.16. The van der Waals surface area contributed by atoms with E-state index in [0.29, 0.717) is 0 Å². The SMILES string of the molecule is CCN1C(C)C(C)C[C@H]1C(C)C. The fourth-order valence-corrected chi connectivity index (χ4v) is 2.52. The first-order chi connectivity index (χ1) is 5.57. The van der Waals surface area contributed by atoms with E-state index in [2.05, 4.69) is 39.5 Å². The van der Waals surface area contributed by atoms with Crippen LogP contribution >= 0.6 is 0 Å². The molecule has 0 bridgehead atoms. The van der Waals surface area contributed by atoms with Crippen LogP contribution in [0.1, 0.15) is 41.0 Å². The lowest BCUT2D eigenvalue weighted by atomic mass is 9.97. The van der Waals surface area contributed by atoms with Gasteiger partial charge in [0, 0.05) is 12.1 Å². The molecular formula is C11H23N. The van der Waals surface area contributed by atoms with Gasteiger partial charge in [-0.2, -0.15) is 0 Å². The van der Waals surface area contributed by atoms with Gasteiger partial charge >= 0.3 is 0 Å². The average Bonchev–Trinajstić information content (AvgIpc) is 2.29. The summed E-state index contributed by atoms with van der Waals surface area (Å²) in [6.45, 7) is 12.9. The van der Waals surface area contributed by atoms with Crippen LogP contribution < -0.4 is 0 Å². The topological polar surface area (TPSA) is 3.24 Å². The van der Waals surface area contributed by atoms with Crippen molar-refractivity contribution in [3.63, 3.8) is 0 Å². The summed E-state index contributed by atoms with van der Waals surface area (Å²) in [5.74, 6) is 1.70. The smallest absolute Gasteiger partial charge is 0.0124 e. The molecule has 2 unspecified atom stereocenters. The van der Waals surface area contributed by atoms with Gasteiger partial charge in [0.25, 0.3) is 0 Å². The standard InChI is InChI=1S/C11H23N/c1-6-12-10(5)9(4)7-11(12)8(2)3/h8-11H,6-7H2,1-5H3/t9?,10?,11-/m0/s1. The van der Waals surface area contributed by atoms with E-state index in [1.807, 2.05) is 0 Å². The van der Waals surface area contributed by atoms with Crippen LogP contribution in [0.25, 0.3) is 0 Å². The van der Waals surface area contributed by atoms with Crippen LogP contribution in [0.15, 0.2) is 0 Å². The van der Waals surface area contributed by atoms with Gasteiger partial charge in [-0.25, -0.2) is 0 Å². The van der Waals surface area contributed by atoms with Gasteiger partial charge in [-0.05, 0) is 31.7 Å². The Bertz CT molecular complexity index is 142. The zero-order valence-corrected chi connectivity index (χ0v) is 9.17. The second kappa shape index (κ2) is 3.78. The minimum absolute atomic E-state index is 0.794. The minimum Gasteiger partial charge on any atom is -0.297 e. The van der Waals surface area contributed by atoms with Gasteiger partial charge in [-0.3, -0.25) is 4.90 Å². The first kappa shape index (κ1) is 10.0. The Labute approximate surface area is 77.1 Å². The number of likely N-dealkylation sites (tertiary alicyclic amines) is 1. The zero-order chi connectivity index (χ0) is 9.30. The van der Waals surface area contributed by atoms with Crippen molar-refractivity contribution >= 4 is 0 Å². The Morgan fingerprint density at radius 3 is 2.25 bits per heavy atom. The fourth-order valence-electron chi connectivity index (χ4n) is 2.52. The first-order valence-electron chi connectivity index (χ1n) is 5.33. The number of hydrogen-bond donors (Lipinski definition) is 0. The van der Waals surface area contributed by atoms with Crippen molar-refractivity contribution in [2.24, 2.45) is 11.8 Å². The zero-order valence-electron chi connectivity index (χ0n) is 9.17. The molecule has 1 heteroatoms. The number of hydrogen-bond acceptors (Lipinski definition) is 1. The van der Waals surface area contributed by atoms with Gasteiger partial charge in [0.1, 0.15) is 0 Å². The molecule has 0 N–H and O–H groups in total. The monoisotopic (exact) mass is 169 g/mol. The highest BCUT2D eigenvalue weighted by molar-refractivity contribution is 4.90. The maximum Gasteiger partial charge on any atom is 0.0124 e. The lowest BCUT2D eigenvalue weighted by Gasteiger charge is -2.29. The average molecular weight is 169 g/mol. The first-order valence-corrected chi connectivity index (χ1v) is 5.33. The predicted octanol–water partition coefficient (Wildman–Crippen LogP) is 2.76. The Hall–Kier alpha value is -0.0400. The summed E-state index contributed by atoms with van der Waals surface area (Å²) in [6, 6.07) is 1.63. The van der Waals surface area contributed by atoms with Crippen LogP contribution in [0, 0.1) is 11.8 Å². The van der Waals surface area contributed by atoms with Crippen LogP contribution in [0.3, 0.4) is 0 Å². The highest BCUT2D eigenvalue weighted by atomic mass is 15.2. The fraction of sp³-hybridized carbons (Fsp3) is 1.00. The van der Waals surface area contributed by atoms with Gasteiger partial charge in [-0.15, -0.1) is 0 Å². The lowest BCUT2D eigenvalue weighted by molar-refractivity contribution is 0.170. The molecule has 0 aromatic carbocycles. The van der Waals surface area contributed by atoms with Crippen LogP contribution in [0.5, 0.6) is 0 Å². The minimum atomic E-state index is 0.794. The van der Waals surface area contributed by atoms with Crippen molar-refractivity contribution in [2.75, 3.05) is 6.54 Å². The third-order valence-electron chi connectivity index (χ3n) is 3.52. The van der Waals surface area contributed by atoms with E-state index in [9.17, 15) is 0 Å². The largest absolute Gasteiger partial charge is 0.297 e. The van der Waals surface area contributed by atoms with Crippen molar-refractivity contribution in [1.82, 2.24) is 4.90 Å². The molecule has 1 rings (SSSR count). The molecule has 1 fully saturated rings. The highest BCUT2D eigenvalue weighted by Gasteiger charge is 2.35. The molecule has 1 aliphatic heterocycles. The summed E-state index contributed by atoms with van der Waals surface area (Å²) in [5, 5.41) is 0. The normalized spacial score (nSPS) is 38.0. The number of nitrogens with zero attached hydrogens (tertiary/aromatic N) is 1. The van der Waals surface area contributed by atoms with Gasteiger partial charge in [0.05, 0.1) is 0 Å². The molecule has 0 saturated carbocycles. The van der Waals surface area contributed by atoms with Gasteiger partial charge in [-0.1, -0.05) is 27.7 Å². The molecule has 1 nitrogen and oxygen atoms in total. The van der Waals surface area contributed by atoms with E-state index in [0.717, 1.165) is 23.9 Å². The highest BCUT2D eigenvalue weighted by Crippen LogP contribution is 2.32. The molecule has 72 valence electrons. The van der Waals surface area contributed by atoms with E-state index < -0.39 is 0 Å². The van der Waals surface area contributed by atoms with E-state index >= 15 is 0 Å². The Morgan fingerprint density at radius 2 is 1.92 bits per heavy atom. The summed E-state index contributed by atoms with van der Waals surface area (Å²) in [5.41, 5.74) is 0. The van der Waals surface area contributed by atoms with E-state index in [4.69, 9.17) is 0 Å². The second-order valence-corrected chi connectivity index (χ2v) is 4.60. The summed E-state index contributed by atoms with van der Waals surface area (Å²) < 4.78 is 0. The summed E-state index contributed by atoms with van der Waals surface area (Å²) in [7, 11) is 0. The van der Waals surface area contributed by atoms with Crippen LogP contribution in [0.4, 0.5) is 0 Å². The molecule has 0 aromatic heterocycles. The van der Waals surface area contributed by atoms with Crippen LogP contribution in [0.2, 0.25) is 0 Å². The molecule has 0 aromatic rings. The molecule has 1 aliphatic rings. The lowest BCUT2D eigenvalue weighted by Crippen LogP contribution is -2.37. The van der Waals surface area contributed by atoms with Crippen LogP contribution in [-0.2, 0) is 0 Å². The van der Waals surface area contributed by atoms with Crippen molar-refractivity contribution in [3.05, 3.63) is 0 Å². The molecular weight excluding hydrogens is 146 g/mol. The Morgan fingerprint density at radius 1 is 1.33 bits per heavy atom. The second-order valence-electron chi connectivity index (χ2n) is 4.60.